The molecule has 2 saturated heterocycles. The highest BCUT2D eigenvalue weighted by molar-refractivity contribution is 7.91. The summed E-state index contributed by atoms with van der Waals surface area (Å²) < 4.78 is 23.7. The van der Waals surface area contributed by atoms with Crippen molar-refractivity contribution >= 4 is 26.6 Å². The summed E-state index contributed by atoms with van der Waals surface area (Å²) in [6.45, 7) is 3.42. The highest BCUT2D eigenvalue weighted by Gasteiger charge is 2.37. The number of benzene rings is 1. The van der Waals surface area contributed by atoms with Crippen LogP contribution >= 0.6 is 0 Å². The maximum Gasteiger partial charge on any atom is 0.226 e. The molecule has 1 aromatic carbocycles. The minimum absolute atomic E-state index is 0.000923. The molecule has 2 aromatic heterocycles. The molecule has 2 aliphatic heterocycles. The van der Waals surface area contributed by atoms with E-state index in [1.807, 2.05) is 29.4 Å². The Balaban J connectivity index is 1.50. The molecule has 2 unspecified atom stereocenters. The molecule has 0 radical (unpaired) electrons. The van der Waals surface area contributed by atoms with Crippen LogP contribution < -0.4 is 0 Å². The van der Waals surface area contributed by atoms with Gasteiger partial charge in [0.15, 0.2) is 9.84 Å². The van der Waals surface area contributed by atoms with E-state index in [9.17, 15) is 13.2 Å². The van der Waals surface area contributed by atoms with E-state index in [4.69, 9.17) is 0 Å². The Morgan fingerprint density at radius 2 is 1.97 bits per heavy atom. The number of carbonyl (C=O) groups excluding carboxylic acids is 1. The van der Waals surface area contributed by atoms with Gasteiger partial charge in [0.2, 0.25) is 5.91 Å². The average molecular weight is 438 g/mol. The van der Waals surface area contributed by atoms with Crippen molar-refractivity contribution in [2.75, 3.05) is 24.6 Å². The van der Waals surface area contributed by atoms with Gasteiger partial charge in [0.05, 0.1) is 17.4 Å². The van der Waals surface area contributed by atoms with E-state index in [0.717, 1.165) is 29.6 Å². The first-order valence-corrected chi connectivity index (χ1v) is 12.8. The fourth-order valence-corrected chi connectivity index (χ4v) is 6.86. The van der Waals surface area contributed by atoms with Crippen LogP contribution in [0.1, 0.15) is 36.4 Å². The number of pyridine rings is 1. The van der Waals surface area contributed by atoms with Crippen LogP contribution in [0.3, 0.4) is 0 Å². The molecule has 2 fully saturated rings. The van der Waals surface area contributed by atoms with Gasteiger partial charge in [-0.05, 0) is 56.0 Å². The van der Waals surface area contributed by atoms with E-state index in [1.165, 1.54) is 16.5 Å². The predicted molar refractivity (Wildman–Crippen MR) is 122 cm³/mol. The maximum absolute atomic E-state index is 13.1. The molecular weight excluding hydrogens is 410 g/mol. The van der Waals surface area contributed by atoms with Gasteiger partial charge in [0, 0.05) is 53.6 Å². The van der Waals surface area contributed by atoms with E-state index >= 15 is 0 Å². The third kappa shape index (κ3) is 3.87. The Morgan fingerprint density at radius 1 is 1.16 bits per heavy atom. The number of hydrogen-bond donors (Lipinski definition) is 1. The van der Waals surface area contributed by atoms with Gasteiger partial charge in [-0.2, -0.15) is 0 Å². The van der Waals surface area contributed by atoms with Gasteiger partial charge < -0.3 is 9.88 Å². The number of aromatic nitrogens is 2. The monoisotopic (exact) mass is 437 g/mol. The summed E-state index contributed by atoms with van der Waals surface area (Å²) in [5.74, 6) is -0.0571. The summed E-state index contributed by atoms with van der Waals surface area (Å²) in [5, 5.41) is 1.19. The van der Waals surface area contributed by atoms with E-state index in [1.54, 1.807) is 0 Å². The van der Waals surface area contributed by atoms with Gasteiger partial charge in [-0.25, -0.2) is 8.42 Å². The quantitative estimate of drug-likeness (QED) is 0.678. The number of H-pyrrole nitrogens is 1. The van der Waals surface area contributed by atoms with E-state index in [-0.39, 0.29) is 29.2 Å². The summed E-state index contributed by atoms with van der Waals surface area (Å²) >= 11 is 0. The molecule has 0 saturated carbocycles. The fraction of sp³-hybridized carbons (Fsp3) is 0.417. The van der Waals surface area contributed by atoms with Gasteiger partial charge in [0.1, 0.15) is 0 Å². The Morgan fingerprint density at radius 3 is 2.71 bits per heavy atom. The van der Waals surface area contributed by atoms with Gasteiger partial charge in [-0.1, -0.05) is 11.6 Å². The summed E-state index contributed by atoms with van der Waals surface area (Å²) in [4.78, 5) is 22.8. The second-order valence-corrected chi connectivity index (χ2v) is 11.2. The first-order valence-electron chi connectivity index (χ1n) is 10.9. The normalized spacial score (nSPS) is 23.3. The largest absolute Gasteiger partial charge is 0.358 e. The van der Waals surface area contributed by atoms with Crippen molar-refractivity contribution in [1.82, 2.24) is 14.9 Å². The number of sulfone groups is 1. The zero-order valence-corrected chi connectivity index (χ0v) is 18.5. The zero-order valence-electron chi connectivity index (χ0n) is 17.7. The summed E-state index contributed by atoms with van der Waals surface area (Å²) in [5.41, 5.74) is 5.76. The first-order chi connectivity index (χ1) is 14.9. The number of fused-ring (bicyclic) bond motifs is 1. The highest BCUT2D eigenvalue weighted by Crippen LogP contribution is 2.40. The molecule has 1 N–H and O–H groups in total. The third-order valence-corrected chi connectivity index (χ3v) is 8.44. The molecule has 5 rings (SSSR count). The zero-order chi connectivity index (χ0) is 21.6. The fourth-order valence-electron chi connectivity index (χ4n) is 5.12. The van der Waals surface area contributed by atoms with Crippen molar-refractivity contribution in [3.8, 4) is 11.1 Å². The molecule has 0 aliphatic carbocycles. The third-order valence-electron chi connectivity index (χ3n) is 6.68. The number of aromatic amines is 1. The average Bonchev–Trinajstić information content (AvgIpc) is 3.33. The van der Waals surface area contributed by atoms with Crippen molar-refractivity contribution in [2.45, 2.75) is 32.1 Å². The number of nitrogens with zero attached hydrogens (tertiary/aromatic N) is 2. The lowest BCUT2D eigenvalue weighted by Gasteiger charge is -2.34. The molecule has 2 aliphatic rings. The van der Waals surface area contributed by atoms with Crippen LogP contribution in [-0.4, -0.2) is 53.8 Å². The molecular formula is C24H27N3O3S. The van der Waals surface area contributed by atoms with E-state index in [2.05, 4.69) is 35.1 Å². The molecule has 4 heterocycles. The molecule has 0 bridgehead atoms. The lowest BCUT2D eigenvalue weighted by molar-refractivity contribution is -0.136. The standard InChI is InChI=1S/C24H27N3O3S/c1-16-4-5-21-20(13-16)22(17-6-9-25-10-7-17)23(26-21)18-3-2-11-27(14-18)24(28)19-8-12-31(29,30)15-19/h4-7,9-10,13,18-19,26H,2-3,8,11-12,14-15H2,1H3. The molecule has 1 amide bonds. The van der Waals surface area contributed by atoms with Crippen molar-refractivity contribution < 1.29 is 13.2 Å². The van der Waals surface area contributed by atoms with Crippen LogP contribution in [0.15, 0.2) is 42.7 Å². The van der Waals surface area contributed by atoms with E-state index < -0.39 is 9.84 Å². The first kappa shape index (κ1) is 20.2. The van der Waals surface area contributed by atoms with E-state index in [0.29, 0.717) is 19.5 Å². The van der Waals surface area contributed by atoms with Gasteiger partial charge >= 0.3 is 0 Å². The lowest BCUT2D eigenvalue weighted by Crippen LogP contribution is -2.42. The van der Waals surface area contributed by atoms with Crippen LogP contribution in [0.25, 0.3) is 22.0 Å². The minimum atomic E-state index is -3.07. The molecule has 0 spiro atoms. The molecule has 2 atom stereocenters. The van der Waals surface area contributed by atoms with Crippen LogP contribution in [0, 0.1) is 12.8 Å². The number of piperidine rings is 1. The van der Waals surface area contributed by atoms with Gasteiger partial charge in [-0.15, -0.1) is 0 Å². The number of hydrogen-bond acceptors (Lipinski definition) is 4. The number of aryl methyl sites for hydroxylation is 1. The topological polar surface area (TPSA) is 83.1 Å². The number of carbonyl (C=O) groups is 1. The molecule has 3 aromatic rings. The van der Waals surface area contributed by atoms with Crippen LogP contribution in [0.4, 0.5) is 0 Å². The van der Waals surface area contributed by atoms with Crippen molar-refractivity contribution in [3.63, 3.8) is 0 Å². The molecule has 7 heteroatoms. The SMILES string of the molecule is Cc1ccc2[nH]c(C3CCCN(C(=O)C4CCS(=O)(=O)C4)C3)c(-c3ccncc3)c2c1. The number of likely N-dealkylation sites (tertiary alicyclic amines) is 1. The van der Waals surface area contributed by atoms with Crippen LogP contribution in [0.2, 0.25) is 0 Å². The maximum atomic E-state index is 13.1. The summed E-state index contributed by atoms with van der Waals surface area (Å²) in [6.07, 6.45) is 5.99. The van der Waals surface area contributed by atoms with Gasteiger partial charge in [0.25, 0.3) is 0 Å². The highest BCUT2D eigenvalue weighted by atomic mass is 32.2. The number of amides is 1. The lowest BCUT2D eigenvalue weighted by atomic mass is 9.89. The summed E-state index contributed by atoms with van der Waals surface area (Å²) in [6, 6.07) is 10.5. The van der Waals surface area contributed by atoms with Crippen molar-refractivity contribution in [3.05, 3.63) is 54.0 Å². The van der Waals surface area contributed by atoms with Crippen LogP contribution in [0.5, 0.6) is 0 Å². The van der Waals surface area contributed by atoms with Gasteiger partial charge in [-0.3, -0.25) is 9.78 Å². The Kier molecular flexibility index (Phi) is 5.08. The second-order valence-electron chi connectivity index (χ2n) is 8.92. The molecule has 6 nitrogen and oxygen atoms in total. The smallest absolute Gasteiger partial charge is 0.226 e. The van der Waals surface area contributed by atoms with Crippen molar-refractivity contribution in [2.24, 2.45) is 5.92 Å². The van der Waals surface area contributed by atoms with Crippen molar-refractivity contribution in [1.29, 1.82) is 0 Å². The summed E-state index contributed by atoms with van der Waals surface area (Å²) in [7, 11) is -3.07. The minimum Gasteiger partial charge on any atom is -0.358 e. The Labute approximate surface area is 182 Å². The van der Waals surface area contributed by atoms with Crippen LogP contribution in [-0.2, 0) is 14.6 Å². The second kappa shape index (κ2) is 7.79. The Hall–Kier alpha value is -2.67. The predicted octanol–water partition coefficient (Wildman–Crippen LogP) is 3.68. The Bertz CT molecular complexity index is 1230. The number of rotatable bonds is 3. The molecule has 162 valence electrons. The molecule has 31 heavy (non-hydrogen) atoms. The number of nitrogens with one attached hydrogen (secondary N) is 1.